The van der Waals surface area contributed by atoms with E-state index in [1.54, 1.807) is 0 Å². The number of benzene rings is 1. The van der Waals surface area contributed by atoms with E-state index >= 15 is 0 Å². The minimum absolute atomic E-state index is 0.0189. The molecule has 3 N–H and O–H groups in total. The Kier molecular flexibility index (Phi) is 3.15. The number of carbonyl (C=O) groups excluding carboxylic acids is 1. The number of carbonyl (C=O) groups is 1. The third-order valence-corrected chi connectivity index (χ3v) is 2.29. The number of hydrogen-bond acceptors (Lipinski definition) is 5. The van der Waals surface area contributed by atoms with Gasteiger partial charge in [0.05, 0.1) is 0 Å². The molecule has 0 spiro atoms. The molecule has 2 rings (SSSR count). The molecule has 1 aromatic heterocycles. The lowest BCUT2D eigenvalue weighted by Gasteiger charge is -1.97. The van der Waals surface area contributed by atoms with Gasteiger partial charge in [0.15, 0.2) is 0 Å². The number of aromatic nitrogens is 2. The maximum Gasteiger partial charge on any atom is 0.292 e. The van der Waals surface area contributed by atoms with Gasteiger partial charge in [0.2, 0.25) is 0 Å². The van der Waals surface area contributed by atoms with Crippen LogP contribution in [-0.4, -0.2) is 23.1 Å². The molecule has 0 aliphatic heterocycles. The van der Waals surface area contributed by atoms with Crippen LogP contribution in [0.5, 0.6) is 0 Å². The zero-order valence-corrected chi connectivity index (χ0v) is 9.30. The van der Waals surface area contributed by atoms with Crippen molar-refractivity contribution in [2.45, 2.75) is 6.54 Å². The first kappa shape index (κ1) is 11.3. The van der Waals surface area contributed by atoms with Crippen LogP contribution in [0.15, 0.2) is 28.8 Å². The number of amides is 1. The summed E-state index contributed by atoms with van der Waals surface area (Å²) in [7, 11) is 1.51. The fourth-order valence-electron chi connectivity index (χ4n) is 1.33. The molecule has 0 aliphatic rings. The quantitative estimate of drug-likeness (QED) is 0.806. The fourth-order valence-corrected chi connectivity index (χ4v) is 1.33. The maximum atomic E-state index is 11.2. The second-order valence-corrected chi connectivity index (χ2v) is 3.40. The van der Waals surface area contributed by atoms with Crippen LogP contribution in [0.3, 0.4) is 0 Å². The Morgan fingerprint density at radius 2 is 2.12 bits per heavy atom. The highest BCUT2D eigenvalue weighted by Gasteiger charge is 2.13. The van der Waals surface area contributed by atoms with Crippen LogP contribution in [0.4, 0.5) is 0 Å². The molecule has 0 atom stereocenters. The second-order valence-electron chi connectivity index (χ2n) is 3.40. The first-order valence-corrected chi connectivity index (χ1v) is 5.09. The van der Waals surface area contributed by atoms with E-state index in [4.69, 9.17) is 10.3 Å². The number of hydrogen-bond donors (Lipinski definition) is 2. The topological polar surface area (TPSA) is 94.0 Å². The van der Waals surface area contributed by atoms with Gasteiger partial charge < -0.3 is 15.6 Å². The lowest BCUT2D eigenvalue weighted by Crippen LogP contribution is -2.19. The highest BCUT2D eigenvalue weighted by Crippen LogP contribution is 2.17. The van der Waals surface area contributed by atoms with Crippen molar-refractivity contribution in [3.05, 3.63) is 35.7 Å². The Bertz CT molecular complexity index is 519. The second kappa shape index (κ2) is 4.75. The SMILES string of the molecule is CNC(=O)c1noc(-c2ccc(CN)cc2)n1. The van der Waals surface area contributed by atoms with Gasteiger partial charge >= 0.3 is 0 Å². The Morgan fingerprint density at radius 3 is 2.71 bits per heavy atom. The molecule has 0 radical (unpaired) electrons. The summed E-state index contributed by atoms with van der Waals surface area (Å²) < 4.78 is 4.99. The van der Waals surface area contributed by atoms with Gasteiger partial charge in [-0.3, -0.25) is 4.79 Å². The van der Waals surface area contributed by atoms with E-state index in [9.17, 15) is 4.79 Å². The largest absolute Gasteiger partial charge is 0.352 e. The van der Waals surface area contributed by atoms with E-state index in [2.05, 4.69) is 15.5 Å². The van der Waals surface area contributed by atoms with Gasteiger partial charge in [0.1, 0.15) is 0 Å². The Labute approximate surface area is 97.8 Å². The third kappa shape index (κ3) is 2.31. The van der Waals surface area contributed by atoms with Crippen LogP contribution < -0.4 is 11.1 Å². The fraction of sp³-hybridized carbons (Fsp3) is 0.182. The molecular formula is C11H12N4O2. The molecule has 17 heavy (non-hydrogen) atoms. The Morgan fingerprint density at radius 1 is 1.41 bits per heavy atom. The highest BCUT2D eigenvalue weighted by atomic mass is 16.5. The average molecular weight is 232 g/mol. The van der Waals surface area contributed by atoms with Gasteiger partial charge in [-0.2, -0.15) is 4.98 Å². The van der Waals surface area contributed by atoms with E-state index < -0.39 is 0 Å². The average Bonchev–Trinajstić information content (AvgIpc) is 2.87. The lowest BCUT2D eigenvalue weighted by molar-refractivity contribution is 0.0950. The first-order chi connectivity index (χ1) is 8.24. The summed E-state index contributed by atoms with van der Waals surface area (Å²) in [6, 6.07) is 7.39. The van der Waals surface area contributed by atoms with Gasteiger partial charge in [-0.25, -0.2) is 0 Å². The van der Waals surface area contributed by atoms with Crippen LogP contribution in [0.25, 0.3) is 11.5 Å². The normalized spacial score (nSPS) is 10.2. The predicted molar refractivity (Wildman–Crippen MR) is 61.0 cm³/mol. The van der Waals surface area contributed by atoms with Gasteiger partial charge in [-0.05, 0) is 17.7 Å². The molecule has 0 saturated carbocycles. The van der Waals surface area contributed by atoms with Crippen molar-refractivity contribution in [1.29, 1.82) is 0 Å². The molecule has 1 aromatic carbocycles. The zero-order valence-electron chi connectivity index (χ0n) is 9.30. The van der Waals surface area contributed by atoms with Crippen LogP contribution in [-0.2, 0) is 6.54 Å². The summed E-state index contributed by atoms with van der Waals surface area (Å²) >= 11 is 0. The number of nitrogens with two attached hydrogens (primary N) is 1. The van der Waals surface area contributed by atoms with Gasteiger partial charge in [-0.1, -0.05) is 17.3 Å². The van der Waals surface area contributed by atoms with E-state index in [0.717, 1.165) is 11.1 Å². The predicted octanol–water partition coefficient (Wildman–Crippen LogP) is 0.555. The van der Waals surface area contributed by atoms with Crippen molar-refractivity contribution in [2.75, 3.05) is 7.05 Å². The van der Waals surface area contributed by atoms with E-state index in [1.165, 1.54) is 7.05 Å². The van der Waals surface area contributed by atoms with Crippen LogP contribution in [0.1, 0.15) is 16.2 Å². The van der Waals surface area contributed by atoms with Gasteiger partial charge in [-0.15, -0.1) is 0 Å². The number of nitrogens with one attached hydrogen (secondary N) is 1. The lowest BCUT2D eigenvalue weighted by atomic mass is 10.1. The summed E-state index contributed by atoms with van der Waals surface area (Å²) in [6.07, 6.45) is 0. The first-order valence-electron chi connectivity index (χ1n) is 5.09. The molecule has 0 fully saturated rings. The van der Waals surface area contributed by atoms with E-state index in [1.807, 2.05) is 24.3 Å². The maximum absolute atomic E-state index is 11.2. The summed E-state index contributed by atoms with van der Waals surface area (Å²) in [5.41, 5.74) is 7.26. The van der Waals surface area contributed by atoms with Crippen molar-refractivity contribution >= 4 is 5.91 Å². The molecule has 0 unspecified atom stereocenters. The van der Waals surface area contributed by atoms with Gasteiger partial charge in [0, 0.05) is 19.2 Å². The molecule has 1 amide bonds. The zero-order chi connectivity index (χ0) is 12.3. The summed E-state index contributed by atoms with van der Waals surface area (Å²) in [5, 5.41) is 6.01. The summed E-state index contributed by atoms with van der Waals surface area (Å²) in [4.78, 5) is 15.2. The molecule has 88 valence electrons. The summed E-state index contributed by atoms with van der Waals surface area (Å²) in [5.74, 6) is -0.0452. The van der Waals surface area contributed by atoms with Crippen molar-refractivity contribution < 1.29 is 9.32 Å². The van der Waals surface area contributed by atoms with Crippen LogP contribution in [0.2, 0.25) is 0 Å². The molecule has 6 nitrogen and oxygen atoms in total. The minimum Gasteiger partial charge on any atom is -0.352 e. The molecule has 0 saturated heterocycles. The minimum atomic E-state index is -0.376. The molecular weight excluding hydrogens is 220 g/mol. The Balaban J connectivity index is 2.27. The third-order valence-electron chi connectivity index (χ3n) is 2.29. The van der Waals surface area contributed by atoms with Crippen LogP contribution in [0, 0.1) is 0 Å². The molecule has 0 bridgehead atoms. The van der Waals surface area contributed by atoms with E-state index in [0.29, 0.717) is 12.4 Å². The van der Waals surface area contributed by atoms with E-state index in [-0.39, 0.29) is 11.7 Å². The monoisotopic (exact) mass is 232 g/mol. The summed E-state index contributed by atoms with van der Waals surface area (Å²) in [6.45, 7) is 0.480. The molecule has 1 heterocycles. The molecule has 6 heteroatoms. The van der Waals surface area contributed by atoms with Crippen molar-refractivity contribution in [1.82, 2.24) is 15.5 Å². The highest BCUT2D eigenvalue weighted by molar-refractivity contribution is 5.90. The van der Waals surface area contributed by atoms with Gasteiger partial charge in [0.25, 0.3) is 17.6 Å². The molecule has 0 aliphatic carbocycles. The molecule has 2 aromatic rings. The Hall–Kier alpha value is -2.21. The standard InChI is InChI=1S/C11H12N4O2/c1-13-10(16)9-14-11(17-15-9)8-4-2-7(6-12)3-5-8/h2-5H,6,12H2,1H3,(H,13,16). The van der Waals surface area contributed by atoms with Crippen LogP contribution >= 0.6 is 0 Å². The van der Waals surface area contributed by atoms with Crippen molar-refractivity contribution in [3.63, 3.8) is 0 Å². The number of rotatable bonds is 3. The van der Waals surface area contributed by atoms with Crippen molar-refractivity contribution in [2.24, 2.45) is 5.73 Å². The van der Waals surface area contributed by atoms with Crippen molar-refractivity contribution in [3.8, 4) is 11.5 Å². The smallest absolute Gasteiger partial charge is 0.292 e. The number of nitrogens with zero attached hydrogens (tertiary/aromatic N) is 2.